The molecule has 1 aliphatic rings. The van der Waals surface area contributed by atoms with E-state index in [4.69, 9.17) is 4.74 Å². The van der Waals surface area contributed by atoms with Gasteiger partial charge in [-0.2, -0.15) is 8.75 Å². The van der Waals surface area contributed by atoms with E-state index in [9.17, 15) is 13.2 Å². The summed E-state index contributed by atoms with van der Waals surface area (Å²) in [6.07, 6.45) is 1.89. The molecule has 1 saturated heterocycles. The number of para-hydroxylation sites is 1. The summed E-state index contributed by atoms with van der Waals surface area (Å²) in [6.45, 7) is 1.09. The number of benzene rings is 2. The molecule has 1 atom stereocenters. The van der Waals surface area contributed by atoms with Crippen molar-refractivity contribution in [3.63, 3.8) is 0 Å². The zero-order chi connectivity index (χ0) is 19.6. The fraction of sp³-hybridized carbons (Fsp3) is 0.278. The van der Waals surface area contributed by atoms with Crippen molar-refractivity contribution in [3.05, 3.63) is 48.0 Å². The van der Waals surface area contributed by atoms with Crippen LogP contribution >= 0.6 is 11.7 Å². The number of fused-ring (bicyclic) bond motifs is 1. The molecule has 8 nitrogen and oxygen atoms in total. The lowest BCUT2D eigenvalue weighted by atomic mass is 10.1. The molecule has 1 fully saturated rings. The Morgan fingerprint density at radius 1 is 1.18 bits per heavy atom. The summed E-state index contributed by atoms with van der Waals surface area (Å²) in [4.78, 5) is 12.6. The van der Waals surface area contributed by atoms with Crippen LogP contribution in [-0.2, 0) is 14.8 Å². The first-order chi connectivity index (χ1) is 13.5. The van der Waals surface area contributed by atoms with E-state index in [-0.39, 0.29) is 28.2 Å². The summed E-state index contributed by atoms with van der Waals surface area (Å²) in [7, 11) is -3.95. The Hall–Kier alpha value is -2.56. The molecule has 0 aliphatic carbocycles. The van der Waals surface area contributed by atoms with Crippen molar-refractivity contribution in [2.24, 2.45) is 0 Å². The number of sulfonamides is 1. The van der Waals surface area contributed by atoms with Crippen LogP contribution in [0, 0.1) is 0 Å². The fourth-order valence-corrected chi connectivity index (χ4v) is 4.92. The minimum absolute atomic E-state index is 0.00238. The summed E-state index contributed by atoms with van der Waals surface area (Å²) in [5.74, 6) is -0.359. The second kappa shape index (κ2) is 7.82. The molecule has 2 heterocycles. The lowest BCUT2D eigenvalue weighted by molar-refractivity contribution is 0.0858. The minimum atomic E-state index is -3.95. The third-order valence-corrected chi connectivity index (χ3v) is 6.41. The second-order valence-corrected chi connectivity index (χ2v) is 8.56. The van der Waals surface area contributed by atoms with E-state index in [1.807, 2.05) is 0 Å². The van der Waals surface area contributed by atoms with Crippen LogP contribution in [0.15, 0.2) is 47.4 Å². The number of anilines is 1. The summed E-state index contributed by atoms with van der Waals surface area (Å²) < 4.78 is 42.0. The maximum atomic E-state index is 12.9. The summed E-state index contributed by atoms with van der Waals surface area (Å²) in [5, 5.41) is 2.81. The van der Waals surface area contributed by atoms with Gasteiger partial charge in [0.15, 0.2) is 0 Å². The third kappa shape index (κ3) is 3.84. The fourth-order valence-electron chi connectivity index (χ4n) is 3.08. The summed E-state index contributed by atoms with van der Waals surface area (Å²) in [5.41, 5.74) is 1.26. The van der Waals surface area contributed by atoms with Gasteiger partial charge in [-0.25, -0.2) is 8.42 Å². The van der Waals surface area contributed by atoms with E-state index >= 15 is 0 Å². The van der Waals surface area contributed by atoms with Gasteiger partial charge in [0.1, 0.15) is 15.9 Å². The molecule has 4 rings (SSSR count). The average Bonchev–Trinajstić information content (AvgIpc) is 3.37. The number of amides is 1. The van der Waals surface area contributed by atoms with Crippen LogP contribution in [0.25, 0.3) is 11.0 Å². The SMILES string of the molecule is O=C(NC[C@@H]1CCCO1)c1ccccc1NS(=O)(=O)c1cccc2nsnc12. The van der Waals surface area contributed by atoms with Gasteiger partial charge in [0.25, 0.3) is 15.9 Å². The highest BCUT2D eigenvalue weighted by atomic mass is 32.2. The normalized spacial score (nSPS) is 16.9. The number of aromatic nitrogens is 2. The van der Waals surface area contributed by atoms with Crippen molar-refractivity contribution in [2.45, 2.75) is 23.8 Å². The Balaban J connectivity index is 1.58. The van der Waals surface area contributed by atoms with Gasteiger partial charge in [-0.1, -0.05) is 18.2 Å². The van der Waals surface area contributed by atoms with Crippen molar-refractivity contribution >= 4 is 44.4 Å². The first-order valence-corrected chi connectivity index (χ1v) is 11.0. The highest BCUT2D eigenvalue weighted by Gasteiger charge is 2.23. The standard InChI is InChI=1S/C18H18N4O4S2/c23-18(19-11-12-5-4-10-26-12)13-6-1-2-7-14(13)22-28(24,25)16-9-3-8-15-17(16)21-27-20-15/h1-3,6-9,12,22H,4-5,10-11H2,(H,19,23)/t12-/m0/s1. The molecule has 146 valence electrons. The Morgan fingerprint density at radius 2 is 2.04 bits per heavy atom. The number of hydrogen-bond acceptors (Lipinski definition) is 7. The van der Waals surface area contributed by atoms with Crippen LogP contribution in [0.5, 0.6) is 0 Å². The Bertz CT molecular complexity index is 1110. The number of carbonyl (C=O) groups excluding carboxylic acids is 1. The van der Waals surface area contributed by atoms with Gasteiger partial charge in [0.2, 0.25) is 0 Å². The molecule has 0 spiro atoms. The second-order valence-electron chi connectivity index (χ2n) is 6.38. The van der Waals surface area contributed by atoms with Crippen LogP contribution < -0.4 is 10.0 Å². The molecule has 1 aromatic heterocycles. The maximum absolute atomic E-state index is 12.9. The van der Waals surface area contributed by atoms with E-state index < -0.39 is 10.0 Å². The predicted molar refractivity (Wildman–Crippen MR) is 106 cm³/mol. The molecule has 0 unspecified atom stereocenters. The van der Waals surface area contributed by atoms with Crippen molar-refractivity contribution in [1.82, 2.24) is 14.1 Å². The Kier molecular flexibility index (Phi) is 5.25. The predicted octanol–water partition coefficient (Wildman–Crippen LogP) is 2.40. The van der Waals surface area contributed by atoms with Crippen LogP contribution in [0.4, 0.5) is 5.69 Å². The van der Waals surface area contributed by atoms with Crippen LogP contribution in [0.1, 0.15) is 23.2 Å². The van der Waals surface area contributed by atoms with E-state index in [1.54, 1.807) is 36.4 Å². The third-order valence-electron chi connectivity index (χ3n) is 4.47. The van der Waals surface area contributed by atoms with Crippen molar-refractivity contribution < 1.29 is 17.9 Å². The molecule has 2 N–H and O–H groups in total. The van der Waals surface area contributed by atoms with E-state index in [0.29, 0.717) is 24.2 Å². The van der Waals surface area contributed by atoms with Crippen molar-refractivity contribution in [1.29, 1.82) is 0 Å². The number of nitrogens with zero attached hydrogens (tertiary/aromatic N) is 2. The van der Waals surface area contributed by atoms with E-state index in [0.717, 1.165) is 24.6 Å². The largest absolute Gasteiger partial charge is 0.376 e. The molecule has 0 saturated carbocycles. The molecule has 10 heteroatoms. The van der Waals surface area contributed by atoms with E-state index in [2.05, 4.69) is 18.8 Å². The minimum Gasteiger partial charge on any atom is -0.376 e. The molecule has 1 aliphatic heterocycles. The molecule has 0 radical (unpaired) electrons. The monoisotopic (exact) mass is 418 g/mol. The van der Waals surface area contributed by atoms with Gasteiger partial charge < -0.3 is 10.1 Å². The maximum Gasteiger partial charge on any atom is 0.264 e. The quantitative estimate of drug-likeness (QED) is 0.636. The van der Waals surface area contributed by atoms with E-state index in [1.165, 1.54) is 6.07 Å². The molecular formula is C18H18N4O4S2. The molecule has 28 heavy (non-hydrogen) atoms. The summed E-state index contributed by atoms with van der Waals surface area (Å²) in [6, 6.07) is 11.3. The molecule has 3 aromatic rings. The lowest BCUT2D eigenvalue weighted by Crippen LogP contribution is -2.32. The van der Waals surface area contributed by atoms with Crippen LogP contribution in [0.3, 0.4) is 0 Å². The number of carbonyl (C=O) groups is 1. The molecule has 1 amide bonds. The zero-order valence-corrected chi connectivity index (χ0v) is 16.4. The number of nitrogens with one attached hydrogen (secondary N) is 2. The first-order valence-electron chi connectivity index (χ1n) is 8.77. The number of rotatable bonds is 6. The van der Waals surface area contributed by atoms with Gasteiger partial charge in [-0.3, -0.25) is 9.52 Å². The van der Waals surface area contributed by atoms with Crippen LogP contribution in [-0.4, -0.2) is 42.3 Å². The van der Waals surface area contributed by atoms with Crippen molar-refractivity contribution in [3.8, 4) is 0 Å². The van der Waals surface area contributed by atoms with Gasteiger partial charge in [0.05, 0.1) is 29.1 Å². The smallest absolute Gasteiger partial charge is 0.264 e. The number of ether oxygens (including phenoxy) is 1. The number of hydrogen-bond donors (Lipinski definition) is 2. The lowest BCUT2D eigenvalue weighted by Gasteiger charge is -2.14. The highest BCUT2D eigenvalue weighted by molar-refractivity contribution is 7.93. The Labute approximate surface area is 166 Å². The Morgan fingerprint density at radius 3 is 2.86 bits per heavy atom. The molecular weight excluding hydrogens is 400 g/mol. The molecule has 0 bridgehead atoms. The zero-order valence-electron chi connectivity index (χ0n) is 14.8. The highest BCUT2D eigenvalue weighted by Crippen LogP contribution is 2.25. The molecule has 2 aromatic carbocycles. The average molecular weight is 419 g/mol. The van der Waals surface area contributed by atoms with Gasteiger partial charge in [0, 0.05) is 13.2 Å². The summed E-state index contributed by atoms with van der Waals surface area (Å²) >= 11 is 0.948. The van der Waals surface area contributed by atoms with Crippen LogP contribution in [0.2, 0.25) is 0 Å². The topological polar surface area (TPSA) is 110 Å². The first kappa shape index (κ1) is 18.8. The van der Waals surface area contributed by atoms with Gasteiger partial charge in [-0.15, -0.1) is 0 Å². The van der Waals surface area contributed by atoms with Crippen molar-refractivity contribution in [2.75, 3.05) is 17.9 Å². The van der Waals surface area contributed by atoms with Gasteiger partial charge >= 0.3 is 0 Å². The van der Waals surface area contributed by atoms with Gasteiger partial charge in [-0.05, 0) is 37.1 Å².